The molecule has 0 aliphatic rings. The zero-order valence-corrected chi connectivity index (χ0v) is 11.2. The van der Waals surface area contributed by atoms with Crippen LogP contribution in [-0.2, 0) is 6.42 Å². The maximum Gasteiger partial charge on any atom is 0.0807 e. The van der Waals surface area contributed by atoms with Crippen LogP contribution in [0.1, 0.15) is 18.9 Å². The summed E-state index contributed by atoms with van der Waals surface area (Å²) in [5.74, 6) is 0. The van der Waals surface area contributed by atoms with Crippen molar-refractivity contribution in [2.45, 2.75) is 19.8 Å². The van der Waals surface area contributed by atoms with Crippen LogP contribution in [0.3, 0.4) is 0 Å². The van der Waals surface area contributed by atoms with Crippen LogP contribution in [0.15, 0.2) is 42.5 Å². The van der Waals surface area contributed by atoms with Gasteiger partial charge in [0.1, 0.15) is 0 Å². The summed E-state index contributed by atoms with van der Waals surface area (Å²) < 4.78 is 0. The normalized spacial score (nSPS) is 10.3. The molecule has 3 N–H and O–H groups in total. The van der Waals surface area contributed by atoms with Gasteiger partial charge in [0.05, 0.1) is 16.4 Å². The summed E-state index contributed by atoms with van der Waals surface area (Å²) in [6.45, 7) is 2.18. The molecule has 0 aromatic heterocycles. The van der Waals surface area contributed by atoms with Gasteiger partial charge in [-0.05, 0) is 36.2 Å². The van der Waals surface area contributed by atoms with Crippen molar-refractivity contribution in [3.05, 3.63) is 53.1 Å². The van der Waals surface area contributed by atoms with Gasteiger partial charge in [-0.25, -0.2) is 0 Å². The lowest BCUT2D eigenvalue weighted by Crippen LogP contribution is -1.97. The molecule has 0 saturated heterocycles. The van der Waals surface area contributed by atoms with Gasteiger partial charge in [0, 0.05) is 5.69 Å². The van der Waals surface area contributed by atoms with Gasteiger partial charge in [0.15, 0.2) is 0 Å². The van der Waals surface area contributed by atoms with Gasteiger partial charge in [0.25, 0.3) is 0 Å². The molecular weight excluding hydrogens is 244 g/mol. The summed E-state index contributed by atoms with van der Waals surface area (Å²) in [5, 5.41) is 3.88. The second-order valence-electron chi connectivity index (χ2n) is 4.28. The molecule has 2 aromatic rings. The van der Waals surface area contributed by atoms with E-state index >= 15 is 0 Å². The van der Waals surface area contributed by atoms with Crippen LogP contribution in [0.2, 0.25) is 5.02 Å². The first-order valence-corrected chi connectivity index (χ1v) is 6.48. The SMILES string of the molecule is CCCc1ccc(Nc2c(N)cccc2Cl)cc1. The minimum absolute atomic E-state index is 0.632. The van der Waals surface area contributed by atoms with E-state index in [1.54, 1.807) is 0 Å². The first-order chi connectivity index (χ1) is 8.70. The molecule has 0 heterocycles. The Kier molecular flexibility index (Phi) is 4.11. The van der Waals surface area contributed by atoms with Crippen molar-refractivity contribution in [1.29, 1.82) is 0 Å². The summed E-state index contributed by atoms with van der Waals surface area (Å²) in [6.07, 6.45) is 2.26. The average molecular weight is 261 g/mol. The van der Waals surface area contributed by atoms with Gasteiger partial charge in [0.2, 0.25) is 0 Å². The Labute approximate surface area is 113 Å². The number of hydrogen-bond acceptors (Lipinski definition) is 2. The van der Waals surface area contributed by atoms with E-state index in [2.05, 4.69) is 24.4 Å². The molecule has 0 atom stereocenters. The largest absolute Gasteiger partial charge is 0.397 e. The molecule has 0 aliphatic heterocycles. The number of anilines is 3. The van der Waals surface area contributed by atoms with E-state index in [4.69, 9.17) is 17.3 Å². The number of rotatable bonds is 4. The van der Waals surface area contributed by atoms with E-state index in [1.807, 2.05) is 30.3 Å². The molecule has 0 saturated carbocycles. The summed E-state index contributed by atoms with van der Waals surface area (Å²) in [4.78, 5) is 0. The van der Waals surface area contributed by atoms with E-state index in [0.29, 0.717) is 10.7 Å². The highest BCUT2D eigenvalue weighted by Crippen LogP contribution is 2.30. The molecule has 0 aliphatic carbocycles. The number of benzene rings is 2. The van der Waals surface area contributed by atoms with Crippen LogP contribution in [-0.4, -0.2) is 0 Å². The fourth-order valence-electron chi connectivity index (χ4n) is 1.86. The van der Waals surface area contributed by atoms with Crippen LogP contribution in [0, 0.1) is 0 Å². The Morgan fingerprint density at radius 2 is 1.83 bits per heavy atom. The van der Waals surface area contributed by atoms with Crippen molar-refractivity contribution in [2.24, 2.45) is 0 Å². The average Bonchev–Trinajstić information content (AvgIpc) is 2.36. The molecular formula is C15H17ClN2. The third-order valence-corrected chi connectivity index (χ3v) is 3.12. The third kappa shape index (κ3) is 2.96. The first-order valence-electron chi connectivity index (χ1n) is 6.10. The molecule has 0 amide bonds. The van der Waals surface area contributed by atoms with Crippen molar-refractivity contribution in [3.8, 4) is 0 Å². The fraction of sp³-hybridized carbons (Fsp3) is 0.200. The van der Waals surface area contributed by atoms with E-state index in [-0.39, 0.29) is 0 Å². The van der Waals surface area contributed by atoms with Crippen molar-refractivity contribution < 1.29 is 0 Å². The minimum Gasteiger partial charge on any atom is -0.397 e. The lowest BCUT2D eigenvalue weighted by molar-refractivity contribution is 0.922. The quantitative estimate of drug-likeness (QED) is 0.788. The fourth-order valence-corrected chi connectivity index (χ4v) is 2.09. The molecule has 94 valence electrons. The van der Waals surface area contributed by atoms with Crippen molar-refractivity contribution in [3.63, 3.8) is 0 Å². The highest BCUT2D eigenvalue weighted by Gasteiger charge is 2.04. The zero-order chi connectivity index (χ0) is 13.0. The second kappa shape index (κ2) is 5.78. The molecule has 0 fully saturated rings. The predicted octanol–water partition coefficient (Wildman–Crippen LogP) is 4.62. The molecule has 0 spiro atoms. The maximum absolute atomic E-state index is 6.12. The maximum atomic E-state index is 6.12. The number of para-hydroxylation sites is 1. The van der Waals surface area contributed by atoms with Gasteiger partial charge in [-0.2, -0.15) is 0 Å². The van der Waals surface area contributed by atoms with Crippen LogP contribution in [0.4, 0.5) is 17.1 Å². The van der Waals surface area contributed by atoms with Crippen molar-refractivity contribution >= 4 is 28.7 Å². The summed E-state index contributed by atoms with van der Waals surface area (Å²) in [7, 11) is 0. The Bertz CT molecular complexity index is 500. The van der Waals surface area contributed by atoms with Crippen LogP contribution in [0.5, 0.6) is 0 Å². The number of aryl methyl sites for hydroxylation is 1. The number of nitrogens with two attached hydrogens (primary N) is 1. The molecule has 2 nitrogen and oxygen atoms in total. The van der Waals surface area contributed by atoms with E-state index < -0.39 is 0 Å². The van der Waals surface area contributed by atoms with Gasteiger partial charge >= 0.3 is 0 Å². The third-order valence-electron chi connectivity index (χ3n) is 2.81. The number of halogens is 1. The highest BCUT2D eigenvalue weighted by molar-refractivity contribution is 6.34. The Morgan fingerprint density at radius 3 is 2.44 bits per heavy atom. The van der Waals surface area contributed by atoms with Gasteiger partial charge in [-0.15, -0.1) is 0 Å². The van der Waals surface area contributed by atoms with Crippen molar-refractivity contribution in [1.82, 2.24) is 0 Å². The Morgan fingerprint density at radius 1 is 1.11 bits per heavy atom. The number of nitrogen functional groups attached to an aromatic ring is 1. The van der Waals surface area contributed by atoms with Gasteiger partial charge in [-0.1, -0.05) is 43.1 Å². The molecule has 0 unspecified atom stereocenters. The lowest BCUT2D eigenvalue weighted by Gasteiger charge is -2.11. The summed E-state index contributed by atoms with van der Waals surface area (Å²) in [6, 6.07) is 13.8. The zero-order valence-electron chi connectivity index (χ0n) is 10.4. The van der Waals surface area contributed by atoms with Gasteiger partial charge < -0.3 is 11.1 Å². The van der Waals surface area contributed by atoms with E-state index in [1.165, 1.54) is 5.56 Å². The van der Waals surface area contributed by atoms with Crippen LogP contribution in [0.25, 0.3) is 0 Å². The molecule has 3 heteroatoms. The summed E-state index contributed by atoms with van der Waals surface area (Å²) >= 11 is 6.12. The molecule has 18 heavy (non-hydrogen) atoms. The minimum atomic E-state index is 0.632. The molecule has 2 rings (SSSR count). The molecule has 0 bridgehead atoms. The first kappa shape index (κ1) is 12.8. The van der Waals surface area contributed by atoms with E-state index in [9.17, 15) is 0 Å². The second-order valence-corrected chi connectivity index (χ2v) is 4.68. The predicted molar refractivity (Wildman–Crippen MR) is 79.6 cm³/mol. The van der Waals surface area contributed by atoms with Crippen LogP contribution < -0.4 is 11.1 Å². The Balaban J connectivity index is 2.18. The molecule has 2 aromatic carbocycles. The number of hydrogen-bond donors (Lipinski definition) is 2. The monoisotopic (exact) mass is 260 g/mol. The number of nitrogens with one attached hydrogen (secondary N) is 1. The summed E-state index contributed by atoms with van der Waals surface area (Å²) in [5.41, 5.74) is 9.66. The lowest BCUT2D eigenvalue weighted by atomic mass is 10.1. The highest BCUT2D eigenvalue weighted by atomic mass is 35.5. The van der Waals surface area contributed by atoms with Crippen molar-refractivity contribution in [2.75, 3.05) is 11.1 Å². The van der Waals surface area contributed by atoms with Crippen LogP contribution >= 0.6 is 11.6 Å². The smallest absolute Gasteiger partial charge is 0.0807 e. The van der Waals surface area contributed by atoms with E-state index in [0.717, 1.165) is 24.2 Å². The Hall–Kier alpha value is -1.67. The molecule has 0 radical (unpaired) electrons. The topological polar surface area (TPSA) is 38.0 Å². The van der Waals surface area contributed by atoms with Gasteiger partial charge in [-0.3, -0.25) is 0 Å². The standard InChI is InChI=1S/C15H17ClN2/c1-2-4-11-7-9-12(10-8-11)18-15-13(16)5-3-6-14(15)17/h3,5-10,18H,2,4,17H2,1H3.